The molecule has 1 aliphatic heterocycles. The molecule has 2 aliphatic rings. The molecule has 7 heteroatoms. The second kappa shape index (κ2) is 10.8. The number of likely N-dealkylation sites (tertiary alicyclic amines) is 1. The Balaban J connectivity index is 1.62. The average Bonchev–Trinajstić information content (AvgIpc) is 2.76. The van der Waals surface area contributed by atoms with Gasteiger partial charge in [-0.25, -0.2) is 0 Å². The van der Waals surface area contributed by atoms with Crippen molar-refractivity contribution in [2.24, 2.45) is 5.92 Å². The first-order chi connectivity index (χ1) is 14.5. The third kappa shape index (κ3) is 5.97. The van der Waals surface area contributed by atoms with E-state index in [2.05, 4.69) is 10.6 Å². The predicted octanol–water partition coefficient (Wildman–Crippen LogP) is 4.38. The Bertz CT molecular complexity index is 777. The number of carbonyl (C=O) groups excluding carboxylic acids is 3. The van der Waals surface area contributed by atoms with Crippen molar-refractivity contribution in [1.82, 2.24) is 10.2 Å². The summed E-state index contributed by atoms with van der Waals surface area (Å²) in [6.45, 7) is 3.15. The summed E-state index contributed by atoms with van der Waals surface area (Å²) >= 11 is 6.26. The van der Waals surface area contributed by atoms with Gasteiger partial charge >= 0.3 is 0 Å². The van der Waals surface area contributed by atoms with E-state index in [-0.39, 0.29) is 29.7 Å². The standard InChI is InChI=1S/C23H32ClN3O3/c1-2-7-21(28)27-13-6-8-16(15-27)22(29)26-18-11-12-20(24)19(14-18)23(30)25-17-9-4-3-5-10-17/h11-12,14,16-17H,2-10,13,15H2,1H3,(H,25,30)(H,26,29). The zero-order valence-electron chi connectivity index (χ0n) is 17.7. The number of benzene rings is 1. The number of nitrogens with one attached hydrogen (secondary N) is 2. The first kappa shape index (κ1) is 22.6. The lowest BCUT2D eigenvalue weighted by Gasteiger charge is -2.32. The number of piperidine rings is 1. The van der Waals surface area contributed by atoms with Crippen molar-refractivity contribution in [3.05, 3.63) is 28.8 Å². The molecule has 1 atom stereocenters. The van der Waals surface area contributed by atoms with E-state index in [1.54, 1.807) is 23.1 Å². The van der Waals surface area contributed by atoms with Gasteiger partial charge in [0.15, 0.2) is 0 Å². The van der Waals surface area contributed by atoms with E-state index >= 15 is 0 Å². The van der Waals surface area contributed by atoms with Gasteiger partial charge < -0.3 is 15.5 Å². The normalized spacial score (nSPS) is 19.9. The monoisotopic (exact) mass is 433 g/mol. The molecule has 0 bridgehead atoms. The van der Waals surface area contributed by atoms with E-state index in [4.69, 9.17) is 11.6 Å². The number of rotatable bonds is 6. The maximum absolute atomic E-state index is 12.8. The first-order valence-corrected chi connectivity index (χ1v) is 11.5. The van der Waals surface area contributed by atoms with Gasteiger partial charge in [0.2, 0.25) is 11.8 Å². The van der Waals surface area contributed by atoms with Crippen LogP contribution >= 0.6 is 11.6 Å². The number of carbonyl (C=O) groups is 3. The minimum atomic E-state index is -0.241. The molecule has 1 aromatic rings. The lowest BCUT2D eigenvalue weighted by molar-refractivity contribution is -0.134. The molecule has 0 spiro atoms. The molecule has 1 aliphatic carbocycles. The van der Waals surface area contributed by atoms with Crippen LogP contribution in [0.25, 0.3) is 0 Å². The molecule has 1 heterocycles. The molecular formula is C23H32ClN3O3. The Morgan fingerprint density at radius 1 is 1.10 bits per heavy atom. The second-order valence-electron chi connectivity index (χ2n) is 8.42. The molecule has 1 unspecified atom stereocenters. The Morgan fingerprint density at radius 2 is 1.87 bits per heavy atom. The average molecular weight is 434 g/mol. The number of anilines is 1. The summed E-state index contributed by atoms with van der Waals surface area (Å²) < 4.78 is 0. The molecule has 3 amide bonds. The number of hydrogen-bond donors (Lipinski definition) is 2. The fourth-order valence-electron chi connectivity index (χ4n) is 4.32. The number of halogens is 1. The van der Waals surface area contributed by atoms with Crippen molar-refractivity contribution in [3.63, 3.8) is 0 Å². The van der Waals surface area contributed by atoms with Gasteiger partial charge in [-0.2, -0.15) is 0 Å². The van der Waals surface area contributed by atoms with Crippen LogP contribution in [-0.2, 0) is 9.59 Å². The highest BCUT2D eigenvalue weighted by Gasteiger charge is 2.28. The summed E-state index contributed by atoms with van der Waals surface area (Å²) in [5.74, 6) is -0.445. The highest BCUT2D eigenvalue weighted by atomic mass is 35.5. The SMILES string of the molecule is CCCC(=O)N1CCCC(C(=O)Nc2ccc(Cl)c(C(=O)NC3CCCCC3)c2)C1. The van der Waals surface area contributed by atoms with Gasteiger partial charge in [-0.05, 0) is 50.3 Å². The summed E-state index contributed by atoms with van der Waals surface area (Å²) in [4.78, 5) is 39.5. The largest absolute Gasteiger partial charge is 0.349 e. The molecular weight excluding hydrogens is 402 g/mol. The van der Waals surface area contributed by atoms with Gasteiger partial charge in [0.05, 0.1) is 16.5 Å². The van der Waals surface area contributed by atoms with Crippen LogP contribution in [0.15, 0.2) is 18.2 Å². The highest BCUT2D eigenvalue weighted by molar-refractivity contribution is 6.34. The third-order valence-corrected chi connectivity index (χ3v) is 6.36. The fraction of sp³-hybridized carbons (Fsp3) is 0.609. The number of nitrogens with zero attached hydrogens (tertiary/aromatic N) is 1. The van der Waals surface area contributed by atoms with Gasteiger partial charge in [-0.15, -0.1) is 0 Å². The van der Waals surface area contributed by atoms with Crippen molar-refractivity contribution in [2.45, 2.75) is 70.8 Å². The van der Waals surface area contributed by atoms with E-state index in [1.165, 1.54) is 6.42 Å². The van der Waals surface area contributed by atoms with Gasteiger partial charge in [-0.3, -0.25) is 14.4 Å². The van der Waals surface area contributed by atoms with Gasteiger partial charge in [-0.1, -0.05) is 37.8 Å². The van der Waals surface area contributed by atoms with Gasteiger partial charge in [0, 0.05) is 31.2 Å². The van der Waals surface area contributed by atoms with Crippen LogP contribution in [0.5, 0.6) is 0 Å². The molecule has 1 saturated heterocycles. The number of hydrogen-bond acceptors (Lipinski definition) is 3. The van der Waals surface area contributed by atoms with Crippen molar-refractivity contribution in [2.75, 3.05) is 18.4 Å². The van der Waals surface area contributed by atoms with E-state index in [0.717, 1.165) is 51.5 Å². The third-order valence-electron chi connectivity index (χ3n) is 6.03. The molecule has 1 aromatic carbocycles. The quantitative estimate of drug-likeness (QED) is 0.698. The van der Waals surface area contributed by atoms with Crippen LogP contribution in [0, 0.1) is 5.92 Å². The van der Waals surface area contributed by atoms with E-state index in [9.17, 15) is 14.4 Å². The molecule has 6 nitrogen and oxygen atoms in total. The molecule has 0 aromatic heterocycles. The first-order valence-electron chi connectivity index (χ1n) is 11.2. The molecule has 2 N–H and O–H groups in total. The Morgan fingerprint density at radius 3 is 2.60 bits per heavy atom. The topological polar surface area (TPSA) is 78.5 Å². The Kier molecular flexibility index (Phi) is 8.14. The molecule has 2 fully saturated rings. The van der Waals surface area contributed by atoms with Gasteiger partial charge in [0.25, 0.3) is 5.91 Å². The van der Waals surface area contributed by atoms with Crippen LogP contribution in [0.1, 0.15) is 75.1 Å². The smallest absolute Gasteiger partial charge is 0.253 e. The Hall–Kier alpha value is -2.08. The molecule has 30 heavy (non-hydrogen) atoms. The van der Waals surface area contributed by atoms with Crippen LogP contribution in [-0.4, -0.2) is 41.8 Å². The lowest BCUT2D eigenvalue weighted by atomic mass is 9.95. The number of amides is 3. The minimum absolute atomic E-state index is 0.114. The van der Waals surface area contributed by atoms with Crippen molar-refractivity contribution < 1.29 is 14.4 Å². The summed E-state index contributed by atoms with van der Waals surface area (Å²) in [6.07, 6.45) is 8.38. The zero-order chi connectivity index (χ0) is 21.5. The second-order valence-corrected chi connectivity index (χ2v) is 8.83. The maximum Gasteiger partial charge on any atom is 0.253 e. The zero-order valence-corrected chi connectivity index (χ0v) is 18.5. The van der Waals surface area contributed by atoms with E-state index < -0.39 is 0 Å². The maximum atomic E-state index is 12.8. The van der Waals surface area contributed by atoms with E-state index in [0.29, 0.717) is 29.2 Å². The highest BCUT2D eigenvalue weighted by Crippen LogP contribution is 2.24. The summed E-state index contributed by atoms with van der Waals surface area (Å²) in [5, 5.41) is 6.35. The van der Waals surface area contributed by atoms with Crippen LogP contribution in [0.4, 0.5) is 5.69 Å². The summed E-state index contributed by atoms with van der Waals surface area (Å²) in [5.41, 5.74) is 0.929. The van der Waals surface area contributed by atoms with E-state index in [1.807, 2.05) is 6.92 Å². The Labute approximate surface area is 183 Å². The predicted molar refractivity (Wildman–Crippen MR) is 119 cm³/mol. The van der Waals surface area contributed by atoms with Crippen LogP contribution in [0.3, 0.4) is 0 Å². The lowest BCUT2D eigenvalue weighted by Crippen LogP contribution is -2.43. The van der Waals surface area contributed by atoms with Crippen molar-refractivity contribution in [3.8, 4) is 0 Å². The molecule has 1 saturated carbocycles. The fourth-order valence-corrected chi connectivity index (χ4v) is 4.52. The molecule has 164 valence electrons. The van der Waals surface area contributed by atoms with Gasteiger partial charge in [0.1, 0.15) is 0 Å². The van der Waals surface area contributed by atoms with Crippen LogP contribution < -0.4 is 10.6 Å². The summed E-state index contributed by atoms with van der Waals surface area (Å²) in [6, 6.07) is 5.18. The minimum Gasteiger partial charge on any atom is -0.349 e. The van der Waals surface area contributed by atoms with Crippen LogP contribution in [0.2, 0.25) is 5.02 Å². The van der Waals surface area contributed by atoms with Crippen molar-refractivity contribution >= 4 is 35.0 Å². The van der Waals surface area contributed by atoms with Crippen molar-refractivity contribution in [1.29, 1.82) is 0 Å². The molecule has 3 rings (SSSR count). The molecule has 0 radical (unpaired) electrons. The summed E-state index contributed by atoms with van der Waals surface area (Å²) in [7, 11) is 0.